The van der Waals surface area contributed by atoms with E-state index in [-0.39, 0.29) is 0 Å². The third kappa shape index (κ3) is 3.70. The average molecular weight is 211 g/mol. The summed E-state index contributed by atoms with van der Waals surface area (Å²) in [5, 5.41) is 0. The molecule has 4 nitrogen and oxygen atoms in total. The van der Waals surface area contributed by atoms with Gasteiger partial charge in [-0.1, -0.05) is 12.8 Å². The quantitative estimate of drug-likeness (QED) is 0.425. The Kier molecular flexibility index (Phi) is 3.83. The molecular formula is C11H21N3O. The van der Waals surface area contributed by atoms with Crippen LogP contribution in [0.3, 0.4) is 0 Å². The SMILES string of the molecule is NC(=NCCCC1CC1)N1CCOCC1. The van der Waals surface area contributed by atoms with Crippen LogP contribution in [0.25, 0.3) is 0 Å². The summed E-state index contributed by atoms with van der Waals surface area (Å²) in [6.07, 6.45) is 5.39. The number of hydrogen-bond donors (Lipinski definition) is 1. The minimum Gasteiger partial charge on any atom is -0.378 e. The van der Waals surface area contributed by atoms with Crippen molar-refractivity contribution < 1.29 is 4.74 Å². The maximum absolute atomic E-state index is 5.90. The van der Waals surface area contributed by atoms with Gasteiger partial charge in [-0.15, -0.1) is 0 Å². The van der Waals surface area contributed by atoms with Crippen LogP contribution in [0.15, 0.2) is 4.99 Å². The molecule has 86 valence electrons. The molecule has 1 aliphatic carbocycles. The van der Waals surface area contributed by atoms with Gasteiger partial charge in [0.05, 0.1) is 13.2 Å². The molecule has 0 bridgehead atoms. The number of morpholine rings is 1. The molecule has 0 atom stereocenters. The highest BCUT2D eigenvalue weighted by Crippen LogP contribution is 2.33. The number of ether oxygens (including phenoxy) is 1. The van der Waals surface area contributed by atoms with Crippen LogP contribution < -0.4 is 5.73 Å². The maximum atomic E-state index is 5.90. The molecule has 1 saturated carbocycles. The number of rotatable bonds is 4. The van der Waals surface area contributed by atoms with E-state index in [2.05, 4.69) is 9.89 Å². The van der Waals surface area contributed by atoms with E-state index >= 15 is 0 Å². The first kappa shape index (κ1) is 10.7. The van der Waals surface area contributed by atoms with Crippen molar-refractivity contribution in [3.63, 3.8) is 0 Å². The third-order valence-electron chi connectivity index (χ3n) is 3.08. The molecular weight excluding hydrogens is 190 g/mol. The van der Waals surface area contributed by atoms with Crippen molar-refractivity contribution in [2.24, 2.45) is 16.6 Å². The Balaban J connectivity index is 1.63. The summed E-state index contributed by atoms with van der Waals surface area (Å²) in [4.78, 5) is 6.52. The molecule has 15 heavy (non-hydrogen) atoms. The standard InChI is InChI=1S/C11H21N3O/c12-11(14-6-8-15-9-7-14)13-5-1-2-10-3-4-10/h10H,1-9H2,(H2,12,13). The average Bonchev–Trinajstić information content (AvgIpc) is 3.09. The fourth-order valence-electron chi connectivity index (χ4n) is 1.87. The second-order valence-electron chi connectivity index (χ2n) is 4.42. The van der Waals surface area contributed by atoms with Gasteiger partial charge in [0.15, 0.2) is 5.96 Å². The highest BCUT2D eigenvalue weighted by Gasteiger charge is 2.20. The molecule has 4 heteroatoms. The van der Waals surface area contributed by atoms with Gasteiger partial charge in [0.1, 0.15) is 0 Å². The predicted molar refractivity (Wildman–Crippen MR) is 60.8 cm³/mol. The van der Waals surface area contributed by atoms with Crippen LogP contribution in [0.4, 0.5) is 0 Å². The van der Waals surface area contributed by atoms with Gasteiger partial charge in [0, 0.05) is 19.6 Å². The van der Waals surface area contributed by atoms with E-state index in [1.807, 2.05) is 0 Å². The summed E-state index contributed by atoms with van der Waals surface area (Å²) in [6.45, 7) is 4.21. The molecule has 0 aromatic rings. The molecule has 2 aliphatic rings. The van der Waals surface area contributed by atoms with Gasteiger partial charge in [-0.2, -0.15) is 0 Å². The zero-order valence-electron chi connectivity index (χ0n) is 9.32. The van der Waals surface area contributed by atoms with Crippen molar-refractivity contribution in [2.75, 3.05) is 32.8 Å². The Morgan fingerprint density at radius 2 is 2.07 bits per heavy atom. The van der Waals surface area contributed by atoms with Gasteiger partial charge in [0.2, 0.25) is 0 Å². The lowest BCUT2D eigenvalue weighted by molar-refractivity contribution is 0.0674. The van der Waals surface area contributed by atoms with E-state index in [4.69, 9.17) is 10.5 Å². The molecule has 1 saturated heterocycles. The highest BCUT2D eigenvalue weighted by atomic mass is 16.5. The molecule has 2 fully saturated rings. The first-order valence-corrected chi connectivity index (χ1v) is 5.99. The van der Waals surface area contributed by atoms with Crippen LogP contribution in [-0.4, -0.2) is 43.7 Å². The fraction of sp³-hybridized carbons (Fsp3) is 0.909. The van der Waals surface area contributed by atoms with Crippen LogP contribution in [0, 0.1) is 5.92 Å². The van der Waals surface area contributed by atoms with Crippen molar-refractivity contribution in [3.8, 4) is 0 Å². The van der Waals surface area contributed by atoms with Crippen LogP contribution in [0.2, 0.25) is 0 Å². The van der Waals surface area contributed by atoms with Crippen molar-refractivity contribution in [2.45, 2.75) is 25.7 Å². The van der Waals surface area contributed by atoms with Crippen molar-refractivity contribution >= 4 is 5.96 Å². The van der Waals surface area contributed by atoms with E-state index < -0.39 is 0 Å². The van der Waals surface area contributed by atoms with Crippen LogP contribution in [0.5, 0.6) is 0 Å². The highest BCUT2D eigenvalue weighted by molar-refractivity contribution is 5.78. The predicted octanol–water partition coefficient (Wildman–Crippen LogP) is 0.823. The van der Waals surface area contributed by atoms with Crippen LogP contribution in [-0.2, 0) is 4.74 Å². The Hall–Kier alpha value is -0.770. The molecule has 0 unspecified atom stereocenters. The van der Waals surface area contributed by atoms with E-state index in [1.54, 1.807) is 0 Å². The first-order chi connectivity index (χ1) is 7.36. The molecule has 1 heterocycles. The lowest BCUT2D eigenvalue weighted by Crippen LogP contribution is -2.44. The lowest BCUT2D eigenvalue weighted by Gasteiger charge is -2.27. The van der Waals surface area contributed by atoms with Crippen LogP contribution >= 0.6 is 0 Å². The summed E-state index contributed by atoms with van der Waals surface area (Å²) < 4.78 is 5.26. The molecule has 2 N–H and O–H groups in total. The first-order valence-electron chi connectivity index (χ1n) is 5.99. The van der Waals surface area contributed by atoms with E-state index in [9.17, 15) is 0 Å². The molecule has 0 radical (unpaired) electrons. The zero-order valence-corrected chi connectivity index (χ0v) is 9.32. The van der Waals surface area contributed by atoms with Crippen molar-refractivity contribution in [3.05, 3.63) is 0 Å². The Bertz CT molecular complexity index is 220. The minimum absolute atomic E-state index is 0.703. The topological polar surface area (TPSA) is 50.8 Å². The van der Waals surface area contributed by atoms with Gasteiger partial charge in [-0.25, -0.2) is 0 Å². The molecule has 2 rings (SSSR count). The molecule has 1 aliphatic heterocycles. The zero-order chi connectivity index (χ0) is 10.5. The Morgan fingerprint density at radius 1 is 1.33 bits per heavy atom. The summed E-state index contributed by atoms with van der Waals surface area (Å²) in [5.74, 6) is 1.71. The second kappa shape index (κ2) is 5.35. The minimum atomic E-state index is 0.703. The number of hydrogen-bond acceptors (Lipinski definition) is 2. The number of nitrogens with two attached hydrogens (primary N) is 1. The molecule has 0 spiro atoms. The van der Waals surface area contributed by atoms with Crippen molar-refractivity contribution in [1.29, 1.82) is 0 Å². The second-order valence-corrected chi connectivity index (χ2v) is 4.42. The van der Waals surface area contributed by atoms with Gasteiger partial charge >= 0.3 is 0 Å². The van der Waals surface area contributed by atoms with Gasteiger partial charge in [-0.3, -0.25) is 4.99 Å². The summed E-state index contributed by atoms with van der Waals surface area (Å²) in [7, 11) is 0. The molecule has 0 aromatic heterocycles. The molecule has 0 aromatic carbocycles. The van der Waals surface area contributed by atoms with E-state index in [0.717, 1.165) is 38.8 Å². The number of aliphatic imine (C=N–C) groups is 1. The van der Waals surface area contributed by atoms with E-state index in [1.165, 1.54) is 25.7 Å². The maximum Gasteiger partial charge on any atom is 0.191 e. The summed E-state index contributed by atoms with van der Waals surface area (Å²) in [5.41, 5.74) is 5.90. The number of guanidine groups is 1. The molecule has 0 amide bonds. The van der Waals surface area contributed by atoms with Crippen LogP contribution in [0.1, 0.15) is 25.7 Å². The van der Waals surface area contributed by atoms with Gasteiger partial charge < -0.3 is 15.4 Å². The van der Waals surface area contributed by atoms with E-state index in [0.29, 0.717) is 5.96 Å². The van der Waals surface area contributed by atoms with Crippen molar-refractivity contribution in [1.82, 2.24) is 4.90 Å². The smallest absolute Gasteiger partial charge is 0.191 e. The summed E-state index contributed by atoms with van der Waals surface area (Å²) >= 11 is 0. The van der Waals surface area contributed by atoms with Gasteiger partial charge in [0.25, 0.3) is 0 Å². The largest absolute Gasteiger partial charge is 0.378 e. The Labute approximate surface area is 91.5 Å². The lowest BCUT2D eigenvalue weighted by atomic mass is 10.2. The Morgan fingerprint density at radius 3 is 2.73 bits per heavy atom. The normalized spacial score (nSPS) is 23.2. The fourth-order valence-corrected chi connectivity index (χ4v) is 1.87. The number of nitrogens with zero attached hydrogens (tertiary/aromatic N) is 2. The summed E-state index contributed by atoms with van der Waals surface area (Å²) in [6, 6.07) is 0. The third-order valence-corrected chi connectivity index (χ3v) is 3.08. The van der Waals surface area contributed by atoms with Gasteiger partial charge in [-0.05, 0) is 18.8 Å². The monoisotopic (exact) mass is 211 g/mol.